The molecule has 0 spiro atoms. The lowest BCUT2D eigenvalue weighted by Crippen LogP contribution is -2.28. The zero-order chi connectivity index (χ0) is 15.2. The Morgan fingerprint density at radius 3 is 2.48 bits per heavy atom. The van der Waals surface area contributed by atoms with Crippen molar-refractivity contribution in [1.29, 1.82) is 5.26 Å². The largest absolute Gasteiger partial charge is 0.334 e. The Bertz CT molecular complexity index is 693. The number of amides is 2. The van der Waals surface area contributed by atoms with Crippen molar-refractivity contribution < 1.29 is 4.79 Å². The second-order valence-corrected chi connectivity index (χ2v) is 5.08. The van der Waals surface area contributed by atoms with Gasteiger partial charge in [0, 0.05) is 22.3 Å². The molecule has 0 heterocycles. The van der Waals surface area contributed by atoms with Gasteiger partial charge in [0.1, 0.15) is 0 Å². The van der Waals surface area contributed by atoms with Crippen LogP contribution in [-0.2, 0) is 6.54 Å². The smallest absolute Gasteiger partial charge is 0.319 e. The van der Waals surface area contributed by atoms with E-state index in [1.165, 1.54) is 0 Å². The van der Waals surface area contributed by atoms with Gasteiger partial charge in [-0.25, -0.2) is 4.79 Å². The van der Waals surface area contributed by atoms with E-state index in [4.69, 9.17) is 28.5 Å². The van der Waals surface area contributed by atoms with Crippen molar-refractivity contribution >= 4 is 34.9 Å². The summed E-state index contributed by atoms with van der Waals surface area (Å²) >= 11 is 11.8. The van der Waals surface area contributed by atoms with Crippen LogP contribution < -0.4 is 10.6 Å². The standard InChI is InChI=1S/C15H11Cl2N3O/c16-12-4-3-11(14(17)7-12)9-19-15(21)20-13-5-1-10(8-18)2-6-13/h1-7H,9H2,(H2,19,20,21). The van der Waals surface area contributed by atoms with Gasteiger partial charge in [-0.15, -0.1) is 0 Å². The second-order valence-electron chi connectivity index (χ2n) is 4.23. The zero-order valence-corrected chi connectivity index (χ0v) is 12.4. The molecule has 4 nitrogen and oxygen atoms in total. The van der Waals surface area contributed by atoms with Gasteiger partial charge < -0.3 is 10.6 Å². The summed E-state index contributed by atoms with van der Waals surface area (Å²) in [7, 11) is 0. The molecule has 2 rings (SSSR count). The number of carbonyl (C=O) groups excluding carboxylic acids is 1. The molecule has 0 atom stereocenters. The highest BCUT2D eigenvalue weighted by Gasteiger charge is 2.05. The second kappa shape index (κ2) is 6.98. The van der Waals surface area contributed by atoms with Crippen molar-refractivity contribution in [3.8, 4) is 6.07 Å². The Kier molecular flexibility index (Phi) is 5.04. The maximum atomic E-state index is 11.8. The molecule has 6 heteroatoms. The molecule has 2 N–H and O–H groups in total. The molecule has 21 heavy (non-hydrogen) atoms. The van der Waals surface area contributed by atoms with E-state index in [9.17, 15) is 4.79 Å². The van der Waals surface area contributed by atoms with Crippen LogP contribution in [0.4, 0.5) is 10.5 Å². The Morgan fingerprint density at radius 1 is 1.14 bits per heavy atom. The first-order valence-electron chi connectivity index (χ1n) is 6.07. The van der Waals surface area contributed by atoms with E-state index in [-0.39, 0.29) is 12.6 Å². The average Bonchev–Trinajstić information content (AvgIpc) is 2.47. The van der Waals surface area contributed by atoms with Gasteiger partial charge in [0.25, 0.3) is 0 Å². The van der Waals surface area contributed by atoms with E-state index in [0.29, 0.717) is 21.3 Å². The van der Waals surface area contributed by atoms with Gasteiger partial charge in [-0.05, 0) is 42.0 Å². The molecular formula is C15H11Cl2N3O. The van der Waals surface area contributed by atoms with Crippen LogP contribution in [0.2, 0.25) is 10.0 Å². The molecule has 0 bridgehead atoms. The minimum absolute atomic E-state index is 0.290. The Labute approximate surface area is 132 Å². The SMILES string of the molecule is N#Cc1ccc(NC(=O)NCc2ccc(Cl)cc2Cl)cc1. The van der Waals surface area contributed by atoms with Gasteiger partial charge in [0.05, 0.1) is 11.6 Å². The monoisotopic (exact) mass is 319 g/mol. The molecule has 0 aromatic heterocycles. The van der Waals surface area contributed by atoms with E-state index < -0.39 is 0 Å². The number of urea groups is 1. The molecule has 0 fully saturated rings. The molecule has 0 aliphatic rings. The molecule has 2 aromatic carbocycles. The van der Waals surface area contributed by atoms with E-state index in [2.05, 4.69) is 10.6 Å². The van der Waals surface area contributed by atoms with Crippen molar-refractivity contribution in [3.63, 3.8) is 0 Å². The van der Waals surface area contributed by atoms with E-state index in [1.807, 2.05) is 6.07 Å². The molecule has 2 aromatic rings. The van der Waals surface area contributed by atoms with Crippen LogP contribution in [0.5, 0.6) is 0 Å². The minimum Gasteiger partial charge on any atom is -0.334 e. The first kappa shape index (κ1) is 15.2. The maximum absolute atomic E-state index is 11.8. The summed E-state index contributed by atoms with van der Waals surface area (Å²) in [5.74, 6) is 0. The minimum atomic E-state index is -0.356. The molecule has 2 amide bonds. The Hall–Kier alpha value is -2.22. The molecule has 0 unspecified atom stereocenters. The van der Waals surface area contributed by atoms with E-state index >= 15 is 0 Å². The third-order valence-corrected chi connectivity index (χ3v) is 3.31. The lowest BCUT2D eigenvalue weighted by atomic mass is 10.2. The number of halogens is 2. The molecular weight excluding hydrogens is 309 g/mol. The van der Waals surface area contributed by atoms with Gasteiger partial charge in [-0.1, -0.05) is 29.3 Å². The van der Waals surface area contributed by atoms with Crippen molar-refractivity contribution in [2.75, 3.05) is 5.32 Å². The highest BCUT2D eigenvalue weighted by Crippen LogP contribution is 2.20. The van der Waals surface area contributed by atoms with Crippen LogP contribution in [0.25, 0.3) is 0 Å². The summed E-state index contributed by atoms with van der Waals surface area (Å²) in [6.07, 6.45) is 0. The van der Waals surface area contributed by atoms with Gasteiger partial charge in [0.15, 0.2) is 0 Å². The quantitative estimate of drug-likeness (QED) is 0.891. The summed E-state index contributed by atoms with van der Waals surface area (Å²) in [6, 6.07) is 13.3. The first-order valence-corrected chi connectivity index (χ1v) is 6.83. The zero-order valence-electron chi connectivity index (χ0n) is 10.9. The third kappa shape index (κ3) is 4.38. The van der Waals surface area contributed by atoms with E-state index in [1.54, 1.807) is 42.5 Å². The number of hydrogen-bond donors (Lipinski definition) is 2. The summed E-state index contributed by atoms with van der Waals surface area (Å²) < 4.78 is 0. The number of hydrogen-bond acceptors (Lipinski definition) is 2. The average molecular weight is 320 g/mol. The number of carbonyl (C=O) groups is 1. The van der Waals surface area contributed by atoms with Gasteiger partial charge in [-0.3, -0.25) is 0 Å². The molecule has 0 aliphatic heterocycles. The fourth-order valence-electron chi connectivity index (χ4n) is 1.64. The summed E-state index contributed by atoms with van der Waals surface area (Å²) in [6.45, 7) is 0.290. The van der Waals surface area contributed by atoms with Crippen LogP contribution in [-0.4, -0.2) is 6.03 Å². The van der Waals surface area contributed by atoms with Crippen molar-refractivity contribution in [3.05, 3.63) is 63.6 Å². The van der Waals surface area contributed by atoms with Crippen LogP contribution in [0.1, 0.15) is 11.1 Å². The predicted molar refractivity (Wildman–Crippen MR) is 83.5 cm³/mol. The summed E-state index contributed by atoms with van der Waals surface area (Å²) in [5, 5.41) is 15.1. The van der Waals surface area contributed by atoms with Gasteiger partial charge in [0.2, 0.25) is 0 Å². The number of nitriles is 1. The lowest BCUT2D eigenvalue weighted by molar-refractivity contribution is 0.252. The van der Waals surface area contributed by atoms with Crippen LogP contribution in [0.15, 0.2) is 42.5 Å². The van der Waals surface area contributed by atoms with Crippen LogP contribution in [0, 0.1) is 11.3 Å². The molecule has 0 saturated carbocycles. The first-order chi connectivity index (χ1) is 10.1. The van der Waals surface area contributed by atoms with E-state index in [0.717, 1.165) is 5.56 Å². The van der Waals surface area contributed by atoms with Crippen LogP contribution in [0.3, 0.4) is 0 Å². The number of benzene rings is 2. The van der Waals surface area contributed by atoms with Crippen molar-refractivity contribution in [2.24, 2.45) is 0 Å². The topological polar surface area (TPSA) is 64.9 Å². The number of rotatable bonds is 3. The highest BCUT2D eigenvalue weighted by molar-refractivity contribution is 6.35. The van der Waals surface area contributed by atoms with Crippen LogP contribution >= 0.6 is 23.2 Å². The normalized spacial score (nSPS) is 9.76. The Balaban J connectivity index is 1.91. The Morgan fingerprint density at radius 2 is 1.86 bits per heavy atom. The van der Waals surface area contributed by atoms with Crippen molar-refractivity contribution in [2.45, 2.75) is 6.54 Å². The molecule has 0 aliphatic carbocycles. The molecule has 0 radical (unpaired) electrons. The summed E-state index contributed by atoms with van der Waals surface area (Å²) in [5.41, 5.74) is 1.92. The highest BCUT2D eigenvalue weighted by atomic mass is 35.5. The van der Waals surface area contributed by atoms with Gasteiger partial charge >= 0.3 is 6.03 Å². The molecule has 106 valence electrons. The summed E-state index contributed by atoms with van der Waals surface area (Å²) in [4.78, 5) is 11.8. The maximum Gasteiger partial charge on any atom is 0.319 e. The number of nitrogens with one attached hydrogen (secondary N) is 2. The number of anilines is 1. The fraction of sp³-hybridized carbons (Fsp3) is 0.0667. The third-order valence-electron chi connectivity index (χ3n) is 2.73. The predicted octanol–water partition coefficient (Wildman–Crippen LogP) is 4.19. The fourth-order valence-corrected chi connectivity index (χ4v) is 2.12. The number of nitrogens with zero attached hydrogens (tertiary/aromatic N) is 1. The molecule has 0 saturated heterocycles. The van der Waals surface area contributed by atoms with Crippen molar-refractivity contribution in [1.82, 2.24) is 5.32 Å². The lowest BCUT2D eigenvalue weighted by Gasteiger charge is -2.09. The van der Waals surface area contributed by atoms with Gasteiger partial charge in [-0.2, -0.15) is 5.26 Å².